The van der Waals surface area contributed by atoms with Crippen molar-refractivity contribution in [3.8, 4) is 11.1 Å². The van der Waals surface area contributed by atoms with Crippen LogP contribution in [0.15, 0.2) is 35.7 Å². The Morgan fingerprint density at radius 2 is 1.85 bits per heavy atom. The second-order valence-electron chi connectivity index (χ2n) is 4.48. The summed E-state index contributed by atoms with van der Waals surface area (Å²) in [5.41, 5.74) is 7.98. The molecule has 0 bridgehead atoms. The van der Waals surface area contributed by atoms with E-state index in [1.54, 1.807) is 0 Å². The van der Waals surface area contributed by atoms with E-state index in [0.29, 0.717) is 4.88 Å². The first kappa shape index (κ1) is 14.3. The Hall–Kier alpha value is -2.14. The number of aryl methyl sites for hydroxylation is 1. The molecule has 1 unspecified atom stereocenters. The first-order valence-corrected chi connectivity index (χ1v) is 7.02. The number of ether oxygens (including phenoxy) is 1. The van der Waals surface area contributed by atoms with Crippen LogP contribution in [-0.2, 0) is 9.53 Å². The van der Waals surface area contributed by atoms with E-state index in [2.05, 4.69) is 0 Å². The standard InChI is InChI=1S/C15H15NO3S/c1-9-3-5-11(6-4-9)12-7-8-20-13(12)15(18)19-10(2)14(16)17/h3-8,10H,1-2H3,(H2,16,17). The molecule has 2 aromatic rings. The van der Waals surface area contributed by atoms with Gasteiger partial charge in [0.15, 0.2) is 6.10 Å². The van der Waals surface area contributed by atoms with Crippen molar-refractivity contribution in [3.05, 3.63) is 46.2 Å². The van der Waals surface area contributed by atoms with Gasteiger partial charge in [-0.25, -0.2) is 4.79 Å². The van der Waals surface area contributed by atoms with Crippen molar-refractivity contribution < 1.29 is 14.3 Å². The van der Waals surface area contributed by atoms with Gasteiger partial charge in [-0.15, -0.1) is 11.3 Å². The van der Waals surface area contributed by atoms with E-state index in [1.165, 1.54) is 18.3 Å². The van der Waals surface area contributed by atoms with Gasteiger partial charge in [0.2, 0.25) is 0 Å². The number of hydrogen-bond donors (Lipinski definition) is 1. The maximum absolute atomic E-state index is 12.1. The molecule has 0 spiro atoms. The highest BCUT2D eigenvalue weighted by atomic mass is 32.1. The molecular weight excluding hydrogens is 274 g/mol. The Bertz CT molecular complexity index is 631. The van der Waals surface area contributed by atoms with Gasteiger partial charge >= 0.3 is 5.97 Å². The highest BCUT2D eigenvalue weighted by Gasteiger charge is 2.20. The van der Waals surface area contributed by atoms with Crippen molar-refractivity contribution in [2.75, 3.05) is 0 Å². The van der Waals surface area contributed by atoms with E-state index in [0.717, 1.165) is 16.7 Å². The van der Waals surface area contributed by atoms with Crippen molar-refractivity contribution >= 4 is 23.2 Å². The van der Waals surface area contributed by atoms with Gasteiger partial charge in [0.05, 0.1) is 0 Å². The number of thiophene rings is 1. The van der Waals surface area contributed by atoms with Crippen molar-refractivity contribution in [1.29, 1.82) is 0 Å². The molecule has 1 atom stereocenters. The minimum absolute atomic E-state index is 0.474. The number of amides is 1. The molecular formula is C15H15NO3S. The van der Waals surface area contributed by atoms with Crippen LogP contribution >= 0.6 is 11.3 Å². The molecule has 4 nitrogen and oxygen atoms in total. The number of primary amides is 1. The summed E-state index contributed by atoms with van der Waals surface area (Å²) in [5, 5.41) is 1.82. The molecule has 2 N–H and O–H groups in total. The molecule has 1 amide bonds. The minimum atomic E-state index is -0.935. The van der Waals surface area contributed by atoms with Crippen molar-refractivity contribution in [3.63, 3.8) is 0 Å². The summed E-state index contributed by atoms with van der Waals surface area (Å²) in [7, 11) is 0. The number of esters is 1. The maximum atomic E-state index is 12.1. The van der Waals surface area contributed by atoms with E-state index in [4.69, 9.17) is 10.5 Å². The lowest BCUT2D eigenvalue weighted by Crippen LogP contribution is -2.30. The molecule has 1 heterocycles. The molecule has 1 aromatic heterocycles. The number of nitrogens with two attached hydrogens (primary N) is 1. The van der Waals surface area contributed by atoms with E-state index in [1.807, 2.05) is 42.6 Å². The second kappa shape index (κ2) is 5.88. The van der Waals surface area contributed by atoms with Gasteiger partial charge in [-0.05, 0) is 30.9 Å². The molecule has 0 radical (unpaired) electrons. The van der Waals surface area contributed by atoms with Crippen molar-refractivity contribution in [2.24, 2.45) is 5.73 Å². The lowest BCUT2D eigenvalue weighted by molar-refractivity contribution is -0.125. The van der Waals surface area contributed by atoms with Crippen LogP contribution in [0.1, 0.15) is 22.2 Å². The number of benzene rings is 1. The van der Waals surface area contributed by atoms with Crippen molar-refractivity contribution in [2.45, 2.75) is 20.0 Å². The van der Waals surface area contributed by atoms with Crippen LogP contribution in [0.3, 0.4) is 0 Å². The predicted octanol–water partition coefficient (Wildman–Crippen LogP) is 2.75. The van der Waals surface area contributed by atoms with Crippen LogP contribution in [0, 0.1) is 6.92 Å². The SMILES string of the molecule is Cc1ccc(-c2ccsc2C(=O)OC(C)C(N)=O)cc1. The lowest BCUT2D eigenvalue weighted by Gasteiger charge is -2.10. The van der Waals surface area contributed by atoms with Gasteiger partial charge in [0.1, 0.15) is 4.88 Å². The number of rotatable bonds is 4. The van der Waals surface area contributed by atoms with Gasteiger partial charge in [-0.2, -0.15) is 0 Å². The minimum Gasteiger partial charge on any atom is -0.448 e. The summed E-state index contributed by atoms with van der Waals surface area (Å²) >= 11 is 1.28. The third kappa shape index (κ3) is 3.05. The molecule has 0 fully saturated rings. The topological polar surface area (TPSA) is 69.4 Å². The number of carbonyl (C=O) groups is 2. The Morgan fingerprint density at radius 3 is 2.45 bits per heavy atom. The van der Waals surface area contributed by atoms with Crippen LogP contribution in [0.4, 0.5) is 0 Å². The molecule has 0 saturated carbocycles. The molecule has 0 aliphatic carbocycles. The first-order chi connectivity index (χ1) is 9.49. The van der Waals surface area contributed by atoms with Crippen LogP contribution in [-0.4, -0.2) is 18.0 Å². The molecule has 0 aliphatic heterocycles. The van der Waals surface area contributed by atoms with E-state index in [-0.39, 0.29) is 0 Å². The highest BCUT2D eigenvalue weighted by Crippen LogP contribution is 2.29. The van der Waals surface area contributed by atoms with Gasteiger partial charge in [0, 0.05) is 5.56 Å². The molecule has 2 rings (SSSR count). The third-order valence-corrected chi connectivity index (χ3v) is 3.79. The first-order valence-electron chi connectivity index (χ1n) is 6.14. The van der Waals surface area contributed by atoms with Crippen molar-refractivity contribution in [1.82, 2.24) is 0 Å². The van der Waals surface area contributed by atoms with Gasteiger partial charge in [-0.1, -0.05) is 29.8 Å². The fourth-order valence-electron chi connectivity index (χ4n) is 1.70. The Kier molecular flexibility index (Phi) is 4.20. The van der Waals surface area contributed by atoms with E-state index < -0.39 is 18.0 Å². The molecule has 0 aliphatic rings. The Balaban J connectivity index is 2.26. The summed E-state index contributed by atoms with van der Waals surface area (Å²) in [6.45, 7) is 3.46. The zero-order chi connectivity index (χ0) is 14.7. The summed E-state index contributed by atoms with van der Waals surface area (Å²) in [5.74, 6) is -1.19. The molecule has 104 valence electrons. The van der Waals surface area contributed by atoms with Gasteiger partial charge in [0.25, 0.3) is 5.91 Å². The van der Waals surface area contributed by atoms with Crippen LogP contribution < -0.4 is 5.73 Å². The normalized spacial score (nSPS) is 11.9. The average molecular weight is 289 g/mol. The third-order valence-electron chi connectivity index (χ3n) is 2.90. The average Bonchev–Trinajstić information content (AvgIpc) is 2.88. The fourth-order valence-corrected chi connectivity index (χ4v) is 2.50. The smallest absolute Gasteiger partial charge is 0.349 e. The summed E-state index contributed by atoms with van der Waals surface area (Å²) in [6, 6.07) is 9.72. The second-order valence-corrected chi connectivity index (χ2v) is 5.40. The fraction of sp³-hybridized carbons (Fsp3) is 0.200. The highest BCUT2D eigenvalue weighted by molar-refractivity contribution is 7.12. The van der Waals surface area contributed by atoms with Gasteiger partial charge < -0.3 is 10.5 Å². The lowest BCUT2D eigenvalue weighted by atomic mass is 10.1. The largest absolute Gasteiger partial charge is 0.448 e. The van der Waals surface area contributed by atoms with Gasteiger partial charge in [-0.3, -0.25) is 4.79 Å². The number of carbonyl (C=O) groups excluding carboxylic acids is 2. The predicted molar refractivity (Wildman–Crippen MR) is 78.6 cm³/mol. The summed E-state index contributed by atoms with van der Waals surface area (Å²) in [4.78, 5) is 23.5. The van der Waals surface area contributed by atoms with Crippen LogP contribution in [0.5, 0.6) is 0 Å². The maximum Gasteiger partial charge on any atom is 0.349 e. The van der Waals surface area contributed by atoms with Crippen LogP contribution in [0.25, 0.3) is 11.1 Å². The molecule has 20 heavy (non-hydrogen) atoms. The molecule has 5 heteroatoms. The molecule has 0 saturated heterocycles. The zero-order valence-electron chi connectivity index (χ0n) is 11.3. The monoisotopic (exact) mass is 289 g/mol. The molecule has 1 aromatic carbocycles. The summed E-state index contributed by atoms with van der Waals surface area (Å²) in [6.07, 6.45) is -0.935. The quantitative estimate of drug-likeness (QED) is 0.880. The van der Waals surface area contributed by atoms with E-state index >= 15 is 0 Å². The Morgan fingerprint density at radius 1 is 1.20 bits per heavy atom. The van der Waals surface area contributed by atoms with Crippen LogP contribution in [0.2, 0.25) is 0 Å². The zero-order valence-corrected chi connectivity index (χ0v) is 12.1. The Labute approximate surface area is 121 Å². The summed E-state index contributed by atoms with van der Waals surface area (Å²) < 4.78 is 5.04. The number of hydrogen-bond acceptors (Lipinski definition) is 4. The van der Waals surface area contributed by atoms with E-state index in [9.17, 15) is 9.59 Å².